The van der Waals surface area contributed by atoms with Gasteiger partial charge in [-0.25, -0.2) is 9.78 Å². The van der Waals surface area contributed by atoms with Crippen LogP contribution < -0.4 is 0 Å². The number of esters is 1. The van der Waals surface area contributed by atoms with Crippen LogP contribution in [-0.2, 0) is 4.74 Å². The highest BCUT2D eigenvalue weighted by Gasteiger charge is 2.15. The fourth-order valence-corrected chi connectivity index (χ4v) is 2.06. The Morgan fingerprint density at radius 1 is 1.50 bits per heavy atom. The van der Waals surface area contributed by atoms with E-state index in [1.54, 1.807) is 25.4 Å². The van der Waals surface area contributed by atoms with Crippen LogP contribution in [0, 0.1) is 0 Å². The van der Waals surface area contributed by atoms with Gasteiger partial charge < -0.3 is 9.30 Å². The molecule has 4 nitrogen and oxygen atoms in total. The zero-order valence-electron chi connectivity index (χ0n) is 10.6. The number of aromatic nitrogens is 2. The first-order chi connectivity index (χ1) is 8.54. The van der Waals surface area contributed by atoms with E-state index in [0.29, 0.717) is 23.2 Å². The van der Waals surface area contributed by atoms with Gasteiger partial charge in [-0.3, -0.25) is 0 Å². The molecule has 0 bridgehead atoms. The number of carbonyl (C=O) groups excluding carboxylic acids is 1. The molecule has 18 heavy (non-hydrogen) atoms. The minimum Gasteiger partial charge on any atom is -0.462 e. The topological polar surface area (TPSA) is 44.1 Å². The Morgan fingerprint density at radius 3 is 2.83 bits per heavy atom. The van der Waals surface area contributed by atoms with E-state index in [4.69, 9.17) is 16.3 Å². The maximum absolute atomic E-state index is 11.7. The lowest BCUT2D eigenvalue weighted by atomic mass is 10.2. The van der Waals surface area contributed by atoms with E-state index in [9.17, 15) is 4.79 Å². The standard InChI is InChI=1S/C13H15ClN2O2/c1-4-18-13(17)9-5-11-12(6-10(9)14)16(7-15-11)8(2)3/h5-8H,4H2,1-3H3. The van der Waals surface area contributed by atoms with Crippen molar-refractivity contribution in [2.24, 2.45) is 0 Å². The molecule has 0 saturated carbocycles. The van der Waals surface area contributed by atoms with E-state index in [2.05, 4.69) is 18.8 Å². The Hall–Kier alpha value is -1.55. The molecule has 0 fully saturated rings. The Kier molecular flexibility index (Phi) is 3.57. The van der Waals surface area contributed by atoms with Gasteiger partial charge in [-0.1, -0.05) is 11.6 Å². The van der Waals surface area contributed by atoms with Gasteiger partial charge in [0.05, 0.1) is 34.6 Å². The van der Waals surface area contributed by atoms with Gasteiger partial charge in [0.25, 0.3) is 0 Å². The minimum atomic E-state index is -0.413. The largest absolute Gasteiger partial charge is 0.462 e. The Bertz CT molecular complexity index is 590. The lowest BCUT2D eigenvalue weighted by Crippen LogP contribution is -2.05. The van der Waals surface area contributed by atoms with Crippen LogP contribution >= 0.6 is 11.6 Å². The molecule has 5 heteroatoms. The van der Waals surface area contributed by atoms with Crippen molar-refractivity contribution in [2.75, 3.05) is 6.61 Å². The maximum atomic E-state index is 11.7. The molecule has 0 saturated heterocycles. The van der Waals surface area contributed by atoms with Crippen LogP contribution in [0.2, 0.25) is 5.02 Å². The molecule has 2 aromatic rings. The van der Waals surface area contributed by atoms with Crippen LogP contribution in [0.3, 0.4) is 0 Å². The molecule has 0 N–H and O–H groups in total. The summed E-state index contributed by atoms with van der Waals surface area (Å²) in [6, 6.07) is 3.73. The first-order valence-corrected chi connectivity index (χ1v) is 6.25. The van der Waals surface area contributed by atoms with Gasteiger partial charge in [0, 0.05) is 6.04 Å². The fourth-order valence-electron chi connectivity index (χ4n) is 1.82. The average Bonchev–Trinajstić information content (AvgIpc) is 2.70. The summed E-state index contributed by atoms with van der Waals surface area (Å²) in [6.07, 6.45) is 1.75. The average molecular weight is 267 g/mol. The molecule has 0 amide bonds. The molecule has 0 aliphatic rings. The smallest absolute Gasteiger partial charge is 0.339 e. The number of halogens is 1. The molecule has 1 aromatic carbocycles. The van der Waals surface area contributed by atoms with E-state index in [0.717, 1.165) is 11.0 Å². The number of benzene rings is 1. The Labute approximate surface area is 111 Å². The zero-order valence-corrected chi connectivity index (χ0v) is 11.4. The number of ether oxygens (including phenoxy) is 1. The summed E-state index contributed by atoms with van der Waals surface area (Å²) in [7, 11) is 0. The molecule has 0 radical (unpaired) electrons. The summed E-state index contributed by atoms with van der Waals surface area (Å²) in [4.78, 5) is 16.0. The van der Waals surface area contributed by atoms with Gasteiger partial charge in [-0.2, -0.15) is 0 Å². The first-order valence-electron chi connectivity index (χ1n) is 5.87. The van der Waals surface area contributed by atoms with Crippen molar-refractivity contribution in [1.82, 2.24) is 9.55 Å². The maximum Gasteiger partial charge on any atom is 0.339 e. The van der Waals surface area contributed by atoms with Gasteiger partial charge in [0.2, 0.25) is 0 Å². The lowest BCUT2D eigenvalue weighted by Gasteiger charge is -2.09. The Balaban J connectivity index is 2.54. The third-order valence-electron chi connectivity index (χ3n) is 2.72. The quantitative estimate of drug-likeness (QED) is 0.799. The van der Waals surface area contributed by atoms with Crippen LogP contribution in [-0.4, -0.2) is 22.1 Å². The van der Waals surface area contributed by atoms with Gasteiger partial charge in [-0.05, 0) is 32.9 Å². The van der Waals surface area contributed by atoms with Crippen molar-refractivity contribution in [2.45, 2.75) is 26.8 Å². The number of rotatable bonds is 3. The van der Waals surface area contributed by atoms with Crippen LogP contribution in [0.4, 0.5) is 0 Å². The predicted molar refractivity (Wildman–Crippen MR) is 71.1 cm³/mol. The Morgan fingerprint density at radius 2 is 2.22 bits per heavy atom. The van der Waals surface area contributed by atoms with E-state index in [1.165, 1.54) is 0 Å². The van der Waals surface area contributed by atoms with E-state index in [-0.39, 0.29) is 0 Å². The third kappa shape index (κ3) is 2.20. The highest BCUT2D eigenvalue weighted by atomic mass is 35.5. The summed E-state index contributed by atoms with van der Waals surface area (Å²) in [5, 5.41) is 0.392. The first kappa shape index (κ1) is 12.9. The molecule has 0 atom stereocenters. The number of carbonyl (C=O) groups is 1. The van der Waals surface area contributed by atoms with Crippen LogP contribution in [0.5, 0.6) is 0 Å². The van der Waals surface area contributed by atoms with Gasteiger partial charge in [0.1, 0.15) is 0 Å². The summed E-state index contributed by atoms with van der Waals surface area (Å²) in [5.74, 6) is -0.413. The predicted octanol–water partition coefficient (Wildman–Crippen LogP) is 3.45. The molecule has 0 aliphatic carbocycles. The molecule has 0 spiro atoms. The molecular weight excluding hydrogens is 252 g/mol. The second-order valence-electron chi connectivity index (χ2n) is 4.29. The number of fused-ring (bicyclic) bond motifs is 1. The van der Waals surface area contributed by atoms with Crippen LogP contribution in [0.15, 0.2) is 18.5 Å². The highest BCUT2D eigenvalue weighted by molar-refractivity contribution is 6.34. The van der Waals surface area contributed by atoms with Crippen molar-refractivity contribution in [1.29, 1.82) is 0 Å². The van der Waals surface area contributed by atoms with E-state index >= 15 is 0 Å². The van der Waals surface area contributed by atoms with Crippen molar-refractivity contribution < 1.29 is 9.53 Å². The van der Waals surface area contributed by atoms with Crippen LogP contribution in [0.25, 0.3) is 11.0 Å². The monoisotopic (exact) mass is 266 g/mol. The molecular formula is C13H15ClN2O2. The zero-order chi connectivity index (χ0) is 13.3. The number of hydrogen-bond donors (Lipinski definition) is 0. The molecule has 0 unspecified atom stereocenters. The van der Waals surface area contributed by atoms with Crippen LogP contribution in [0.1, 0.15) is 37.2 Å². The van der Waals surface area contributed by atoms with E-state index < -0.39 is 5.97 Å². The second kappa shape index (κ2) is 4.98. The summed E-state index contributed by atoms with van der Waals surface area (Å²) >= 11 is 6.13. The van der Waals surface area contributed by atoms with Gasteiger partial charge >= 0.3 is 5.97 Å². The number of nitrogens with zero attached hydrogens (tertiary/aromatic N) is 2. The lowest BCUT2D eigenvalue weighted by molar-refractivity contribution is 0.0527. The number of hydrogen-bond acceptors (Lipinski definition) is 3. The minimum absolute atomic E-state index is 0.291. The van der Waals surface area contributed by atoms with Gasteiger partial charge in [-0.15, -0.1) is 0 Å². The summed E-state index contributed by atoms with van der Waals surface area (Å²) in [5.41, 5.74) is 2.03. The molecule has 96 valence electrons. The van der Waals surface area contributed by atoms with Gasteiger partial charge in [0.15, 0.2) is 0 Å². The van der Waals surface area contributed by atoms with Crippen molar-refractivity contribution >= 4 is 28.6 Å². The summed E-state index contributed by atoms with van der Waals surface area (Å²) in [6.45, 7) is 6.22. The highest BCUT2D eigenvalue weighted by Crippen LogP contribution is 2.25. The molecule has 2 rings (SSSR count). The third-order valence-corrected chi connectivity index (χ3v) is 3.03. The van der Waals surface area contributed by atoms with Crippen molar-refractivity contribution in [3.05, 3.63) is 29.0 Å². The fraction of sp³-hybridized carbons (Fsp3) is 0.385. The summed E-state index contributed by atoms with van der Waals surface area (Å²) < 4.78 is 6.96. The normalized spacial score (nSPS) is 11.2. The molecule has 1 aromatic heterocycles. The SMILES string of the molecule is CCOC(=O)c1cc2ncn(C(C)C)c2cc1Cl. The molecule has 1 heterocycles. The number of imidazole rings is 1. The molecule has 0 aliphatic heterocycles. The van der Waals surface area contributed by atoms with E-state index in [1.807, 2.05) is 4.57 Å². The second-order valence-corrected chi connectivity index (χ2v) is 4.69. The van der Waals surface area contributed by atoms with Crippen molar-refractivity contribution in [3.63, 3.8) is 0 Å². The van der Waals surface area contributed by atoms with Crippen molar-refractivity contribution in [3.8, 4) is 0 Å².